The van der Waals surface area contributed by atoms with E-state index in [2.05, 4.69) is 53.1 Å². The van der Waals surface area contributed by atoms with Crippen molar-refractivity contribution < 1.29 is 4.79 Å². The summed E-state index contributed by atoms with van der Waals surface area (Å²) < 4.78 is 3.37. The van der Waals surface area contributed by atoms with Crippen LogP contribution in [0.3, 0.4) is 0 Å². The standard InChI is InChI=1S/C32H32N4O2/c1-19-29(32(38)36(35(19)2)24-11-7-4-8-12-24)34-31(37)23-15-16-26-25(18-23)27-21-13-14-22(17-21)28(27)30(33-26)20-9-5-3-6-10-20/h3-12,15-16,18,21-22,27-28,30,33H,13-14,17H2,1-2H3,(H,34,37)/t21-,22+,27-,28+,30+/m1/s1. The lowest BCUT2D eigenvalue weighted by Gasteiger charge is -2.43. The predicted octanol–water partition coefficient (Wildman–Crippen LogP) is 6.03. The van der Waals surface area contributed by atoms with Crippen LogP contribution in [0.2, 0.25) is 0 Å². The molecule has 1 amide bonds. The minimum Gasteiger partial charge on any atom is -0.378 e. The van der Waals surface area contributed by atoms with Crippen LogP contribution in [0.15, 0.2) is 83.7 Å². The minimum absolute atomic E-state index is 0.233. The fourth-order valence-corrected chi connectivity index (χ4v) is 7.52. The van der Waals surface area contributed by atoms with Gasteiger partial charge in [-0.3, -0.25) is 14.3 Å². The number of hydrogen-bond donors (Lipinski definition) is 2. The maximum Gasteiger partial charge on any atom is 0.295 e. The Morgan fingerprint density at radius 1 is 0.947 bits per heavy atom. The van der Waals surface area contributed by atoms with Crippen LogP contribution in [-0.4, -0.2) is 15.3 Å². The average Bonchev–Trinajstić information content (AvgIpc) is 3.63. The Labute approximate surface area is 222 Å². The maximum absolute atomic E-state index is 13.5. The molecule has 0 spiro atoms. The molecular weight excluding hydrogens is 472 g/mol. The molecule has 3 aliphatic rings. The topological polar surface area (TPSA) is 68.1 Å². The fourth-order valence-electron chi connectivity index (χ4n) is 7.52. The van der Waals surface area contributed by atoms with Gasteiger partial charge in [0.25, 0.3) is 11.5 Å². The van der Waals surface area contributed by atoms with E-state index in [1.807, 2.05) is 50.4 Å². The van der Waals surface area contributed by atoms with Gasteiger partial charge in [-0.15, -0.1) is 0 Å². The summed E-state index contributed by atoms with van der Waals surface area (Å²) in [6, 6.07) is 26.6. The van der Waals surface area contributed by atoms with Crippen LogP contribution in [0.1, 0.15) is 58.4 Å². The fraction of sp³-hybridized carbons (Fsp3) is 0.312. The van der Waals surface area contributed by atoms with Gasteiger partial charge in [0.05, 0.1) is 17.4 Å². The molecule has 4 aromatic rings. The molecule has 6 nitrogen and oxygen atoms in total. The third-order valence-electron chi connectivity index (χ3n) is 9.30. The van der Waals surface area contributed by atoms with E-state index in [0.717, 1.165) is 17.3 Å². The number of benzene rings is 3. The number of anilines is 2. The molecule has 2 bridgehead atoms. The summed E-state index contributed by atoms with van der Waals surface area (Å²) in [6.07, 6.45) is 3.84. The number of nitrogens with zero attached hydrogens (tertiary/aromatic N) is 2. The second kappa shape index (κ2) is 8.76. The van der Waals surface area contributed by atoms with Gasteiger partial charge in [0.15, 0.2) is 0 Å². The SMILES string of the molecule is Cc1c(NC(=O)c2ccc3c(c2)[C@H]2[C@@H]4CC[C@@H](C4)[C@@H]2[C@H](c2ccccc2)N3)c(=O)n(-c2ccccc2)n1C. The van der Waals surface area contributed by atoms with Gasteiger partial charge in [0, 0.05) is 18.3 Å². The van der Waals surface area contributed by atoms with E-state index < -0.39 is 0 Å². The Morgan fingerprint density at radius 3 is 2.42 bits per heavy atom. The minimum atomic E-state index is -0.247. The number of amides is 1. The molecule has 192 valence electrons. The Balaban J connectivity index is 1.22. The van der Waals surface area contributed by atoms with E-state index in [-0.39, 0.29) is 11.5 Å². The third-order valence-corrected chi connectivity index (χ3v) is 9.30. The molecule has 5 atom stereocenters. The summed E-state index contributed by atoms with van der Waals surface area (Å²) in [7, 11) is 1.84. The van der Waals surface area contributed by atoms with Crippen molar-refractivity contribution in [2.24, 2.45) is 24.8 Å². The van der Waals surface area contributed by atoms with E-state index >= 15 is 0 Å². The van der Waals surface area contributed by atoms with Gasteiger partial charge in [-0.25, -0.2) is 4.68 Å². The molecule has 0 unspecified atom stereocenters. The molecule has 2 aliphatic carbocycles. The van der Waals surface area contributed by atoms with E-state index in [1.54, 1.807) is 9.36 Å². The first kappa shape index (κ1) is 23.1. The van der Waals surface area contributed by atoms with Crippen molar-refractivity contribution in [1.82, 2.24) is 9.36 Å². The van der Waals surface area contributed by atoms with Gasteiger partial charge in [-0.2, -0.15) is 0 Å². The zero-order valence-corrected chi connectivity index (χ0v) is 21.7. The average molecular weight is 505 g/mol. The van der Waals surface area contributed by atoms with Gasteiger partial charge >= 0.3 is 0 Å². The van der Waals surface area contributed by atoms with Crippen molar-refractivity contribution in [2.45, 2.75) is 38.1 Å². The van der Waals surface area contributed by atoms with Gasteiger partial charge in [-0.1, -0.05) is 48.5 Å². The second-order valence-electron chi connectivity index (χ2n) is 11.2. The lowest BCUT2D eigenvalue weighted by Crippen LogP contribution is -2.35. The zero-order valence-electron chi connectivity index (χ0n) is 21.7. The van der Waals surface area contributed by atoms with E-state index in [4.69, 9.17) is 0 Å². The van der Waals surface area contributed by atoms with Gasteiger partial charge < -0.3 is 10.6 Å². The number of aromatic nitrogens is 2. The van der Waals surface area contributed by atoms with E-state index in [1.165, 1.54) is 30.4 Å². The number of rotatable bonds is 4. The Kier molecular flexibility index (Phi) is 5.32. The van der Waals surface area contributed by atoms with Crippen molar-refractivity contribution in [3.8, 4) is 5.69 Å². The van der Waals surface area contributed by atoms with Gasteiger partial charge in [-0.05, 0) is 91.3 Å². The molecule has 2 fully saturated rings. The lowest BCUT2D eigenvalue weighted by molar-refractivity contribution is 0.102. The largest absolute Gasteiger partial charge is 0.378 e. The summed E-state index contributed by atoms with van der Waals surface area (Å²) in [5, 5.41) is 6.79. The third kappa shape index (κ3) is 3.46. The first-order valence-electron chi connectivity index (χ1n) is 13.6. The van der Waals surface area contributed by atoms with Crippen molar-refractivity contribution >= 4 is 17.3 Å². The van der Waals surface area contributed by atoms with Crippen molar-refractivity contribution in [3.05, 3.63) is 112 Å². The molecule has 38 heavy (non-hydrogen) atoms. The van der Waals surface area contributed by atoms with E-state index in [0.29, 0.717) is 40.7 Å². The predicted molar refractivity (Wildman–Crippen MR) is 150 cm³/mol. The van der Waals surface area contributed by atoms with Gasteiger partial charge in [0.1, 0.15) is 5.69 Å². The number of carbonyl (C=O) groups excluding carboxylic acids is 1. The van der Waals surface area contributed by atoms with Crippen LogP contribution in [0.4, 0.5) is 11.4 Å². The summed E-state index contributed by atoms with van der Waals surface area (Å²) in [4.78, 5) is 26.8. The summed E-state index contributed by atoms with van der Waals surface area (Å²) >= 11 is 0. The summed E-state index contributed by atoms with van der Waals surface area (Å²) in [6.45, 7) is 1.86. The monoisotopic (exact) mass is 504 g/mol. The first-order valence-corrected chi connectivity index (χ1v) is 13.6. The highest BCUT2D eigenvalue weighted by atomic mass is 16.2. The van der Waals surface area contributed by atoms with Crippen LogP contribution in [-0.2, 0) is 7.05 Å². The Morgan fingerprint density at radius 2 is 1.66 bits per heavy atom. The highest BCUT2D eigenvalue weighted by Crippen LogP contribution is 2.63. The Hall–Kier alpha value is -4.06. The molecule has 2 N–H and O–H groups in total. The Bertz CT molecular complexity index is 1590. The molecule has 2 heterocycles. The van der Waals surface area contributed by atoms with Crippen molar-refractivity contribution in [1.29, 1.82) is 0 Å². The number of fused-ring (bicyclic) bond motifs is 7. The molecule has 3 aromatic carbocycles. The molecule has 2 saturated carbocycles. The highest BCUT2D eigenvalue weighted by molar-refractivity contribution is 6.05. The molecule has 1 aliphatic heterocycles. The first-order chi connectivity index (χ1) is 18.5. The molecular formula is C32H32N4O2. The van der Waals surface area contributed by atoms with E-state index in [9.17, 15) is 9.59 Å². The highest BCUT2D eigenvalue weighted by Gasteiger charge is 2.53. The van der Waals surface area contributed by atoms with Crippen LogP contribution in [0.25, 0.3) is 5.69 Å². The molecule has 0 saturated heterocycles. The van der Waals surface area contributed by atoms with Crippen LogP contribution < -0.4 is 16.2 Å². The normalized spacial score (nSPS) is 24.9. The van der Waals surface area contributed by atoms with Crippen LogP contribution in [0, 0.1) is 24.7 Å². The summed E-state index contributed by atoms with van der Waals surface area (Å²) in [5.41, 5.74) is 5.89. The van der Waals surface area contributed by atoms with Gasteiger partial charge in [0.2, 0.25) is 0 Å². The van der Waals surface area contributed by atoms with Crippen molar-refractivity contribution in [3.63, 3.8) is 0 Å². The number of hydrogen-bond acceptors (Lipinski definition) is 3. The summed E-state index contributed by atoms with van der Waals surface area (Å²) in [5.74, 6) is 2.14. The molecule has 0 radical (unpaired) electrons. The number of para-hydroxylation sites is 1. The lowest BCUT2D eigenvalue weighted by atomic mass is 9.68. The smallest absolute Gasteiger partial charge is 0.295 e. The number of nitrogens with one attached hydrogen (secondary N) is 2. The van der Waals surface area contributed by atoms with Crippen molar-refractivity contribution in [2.75, 3.05) is 10.6 Å². The second-order valence-corrected chi connectivity index (χ2v) is 11.2. The maximum atomic E-state index is 13.5. The quantitative estimate of drug-likeness (QED) is 0.356. The zero-order chi connectivity index (χ0) is 26.0. The van der Waals surface area contributed by atoms with Crippen LogP contribution >= 0.6 is 0 Å². The molecule has 1 aromatic heterocycles. The number of carbonyl (C=O) groups is 1. The molecule has 6 heteroatoms. The molecule has 7 rings (SSSR count). The van der Waals surface area contributed by atoms with Crippen LogP contribution in [0.5, 0.6) is 0 Å².